The number of anilines is 1. The van der Waals surface area contributed by atoms with Crippen molar-refractivity contribution in [1.29, 1.82) is 5.26 Å². The van der Waals surface area contributed by atoms with Crippen LogP contribution in [0.2, 0.25) is 0 Å². The molecule has 0 amide bonds. The van der Waals surface area contributed by atoms with Crippen LogP contribution in [0.5, 0.6) is 0 Å². The van der Waals surface area contributed by atoms with E-state index in [-0.39, 0.29) is 12.2 Å². The van der Waals surface area contributed by atoms with E-state index in [1.165, 1.54) is 12.1 Å². The summed E-state index contributed by atoms with van der Waals surface area (Å²) in [5.74, 6) is -3.58. The average Bonchev–Trinajstić information content (AvgIpc) is 2.34. The zero-order valence-electron chi connectivity index (χ0n) is 9.39. The van der Waals surface area contributed by atoms with Crippen molar-refractivity contribution in [2.45, 2.75) is 6.92 Å². The zero-order chi connectivity index (χ0) is 13.7. The quantitative estimate of drug-likeness (QED) is 0.655. The fourth-order valence-corrected chi connectivity index (χ4v) is 1.19. The highest BCUT2D eigenvalue weighted by atomic mass is 19.2. The Hall–Kier alpha value is -2.49. The molecule has 94 valence electrons. The van der Waals surface area contributed by atoms with Crippen molar-refractivity contribution in [2.75, 3.05) is 11.6 Å². The Morgan fingerprint density at radius 2 is 2.17 bits per heavy atom. The van der Waals surface area contributed by atoms with Crippen molar-refractivity contribution in [1.82, 2.24) is 0 Å². The topological polar surface area (TPSA) is 76.7 Å². The van der Waals surface area contributed by atoms with Crippen molar-refractivity contribution >= 4 is 17.4 Å². The Bertz CT molecular complexity index is 538. The molecule has 0 radical (unpaired) electrons. The largest absolute Gasteiger partial charge is 0.476 e. The molecular formula is C11H9F2N3O2. The first-order chi connectivity index (χ1) is 8.49. The van der Waals surface area contributed by atoms with E-state index in [0.717, 1.165) is 17.1 Å². The predicted octanol–water partition coefficient (Wildman–Crippen LogP) is 1.76. The number of aliphatic carboxylic acids is 1. The lowest BCUT2D eigenvalue weighted by atomic mass is 10.3. The molecule has 0 saturated carbocycles. The number of benzene rings is 1. The summed E-state index contributed by atoms with van der Waals surface area (Å²) in [6, 6.07) is 4.41. The van der Waals surface area contributed by atoms with Crippen LogP contribution < -0.4 is 5.01 Å². The lowest BCUT2D eigenvalue weighted by molar-refractivity contribution is -0.129. The Balaban J connectivity index is 3.14. The Morgan fingerprint density at radius 1 is 1.50 bits per heavy atom. The van der Waals surface area contributed by atoms with Crippen molar-refractivity contribution in [3.05, 3.63) is 29.8 Å². The van der Waals surface area contributed by atoms with Crippen molar-refractivity contribution in [3.63, 3.8) is 0 Å². The molecule has 7 heteroatoms. The van der Waals surface area contributed by atoms with Gasteiger partial charge >= 0.3 is 5.97 Å². The van der Waals surface area contributed by atoms with Gasteiger partial charge in [0.25, 0.3) is 0 Å². The van der Waals surface area contributed by atoms with E-state index < -0.39 is 23.3 Å². The van der Waals surface area contributed by atoms with Crippen molar-refractivity contribution in [3.8, 4) is 6.07 Å². The zero-order valence-corrected chi connectivity index (χ0v) is 9.39. The van der Waals surface area contributed by atoms with Gasteiger partial charge in [-0.05, 0) is 19.1 Å². The van der Waals surface area contributed by atoms with Crippen LogP contribution in [0.15, 0.2) is 23.3 Å². The van der Waals surface area contributed by atoms with Gasteiger partial charge in [0.1, 0.15) is 6.07 Å². The second-order valence-electron chi connectivity index (χ2n) is 3.18. The van der Waals surface area contributed by atoms with E-state index in [0.29, 0.717) is 0 Å². The normalized spacial score (nSPS) is 10.9. The molecule has 0 aliphatic carbocycles. The van der Waals surface area contributed by atoms with Gasteiger partial charge in [-0.2, -0.15) is 10.4 Å². The van der Waals surface area contributed by atoms with Crippen molar-refractivity contribution < 1.29 is 18.7 Å². The van der Waals surface area contributed by atoms with E-state index in [4.69, 9.17) is 10.4 Å². The number of carboxylic acid groups (broad SMARTS) is 1. The Kier molecular flexibility index (Phi) is 4.32. The number of hydrogen-bond acceptors (Lipinski definition) is 4. The summed E-state index contributed by atoms with van der Waals surface area (Å²) >= 11 is 0. The molecule has 18 heavy (non-hydrogen) atoms. The SMILES string of the molecule is CCN(/N=C(/C#N)C(=O)O)c1ccc(F)c(F)c1. The minimum Gasteiger partial charge on any atom is -0.476 e. The fourth-order valence-electron chi connectivity index (χ4n) is 1.19. The number of hydrogen-bond donors (Lipinski definition) is 1. The lowest BCUT2D eigenvalue weighted by Crippen LogP contribution is -2.22. The molecule has 0 fully saturated rings. The second-order valence-corrected chi connectivity index (χ2v) is 3.18. The molecule has 0 atom stereocenters. The highest BCUT2D eigenvalue weighted by Gasteiger charge is 2.13. The van der Waals surface area contributed by atoms with Crippen LogP contribution in [0, 0.1) is 23.0 Å². The molecule has 1 aromatic rings. The summed E-state index contributed by atoms with van der Waals surface area (Å²) in [4.78, 5) is 10.6. The number of carbonyl (C=O) groups is 1. The molecule has 0 aromatic heterocycles. The number of carboxylic acids is 1. The number of rotatable bonds is 4. The van der Waals surface area contributed by atoms with Gasteiger partial charge in [-0.3, -0.25) is 5.01 Å². The third kappa shape index (κ3) is 3.01. The lowest BCUT2D eigenvalue weighted by Gasteiger charge is -2.16. The predicted molar refractivity (Wildman–Crippen MR) is 60.1 cm³/mol. The molecule has 1 aromatic carbocycles. The highest BCUT2D eigenvalue weighted by molar-refractivity contribution is 6.42. The first-order valence-electron chi connectivity index (χ1n) is 4.94. The Morgan fingerprint density at radius 3 is 2.61 bits per heavy atom. The van der Waals surface area contributed by atoms with Crippen molar-refractivity contribution in [2.24, 2.45) is 5.10 Å². The summed E-state index contributed by atoms with van der Waals surface area (Å²) in [6.45, 7) is 1.82. The molecule has 5 nitrogen and oxygen atoms in total. The second kappa shape index (κ2) is 5.72. The van der Waals surface area contributed by atoms with Gasteiger partial charge in [-0.1, -0.05) is 0 Å². The molecule has 0 aliphatic rings. The number of hydrazone groups is 1. The number of nitriles is 1. The molecule has 1 N–H and O–H groups in total. The van der Waals surface area contributed by atoms with E-state index in [9.17, 15) is 13.6 Å². The van der Waals surface area contributed by atoms with Gasteiger partial charge in [0.2, 0.25) is 5.71 Å². The summed E-state index contributed by atoms with van der Waals surface area (Å²) in [7, 11) is 0. The molecule has 0 saturated heterocycles. The molecule has 0 spiro atoms. The van der Waals surface area contributed by atoms with Crippen LogP contribution in [0.3, 0.4) is 0 Å². The smallest absolute Gasteiger partial charge is 0.367 e. The first kappa shape index (κ1) is 13.6. The third-order valence-electron chi connectivity index (χ3n) is 2.03. The maximum Gasteiger partial charge on any atom is 0.367 e. The molecule has 1 rings (SSSR count). The van der Waals surface area contributed by atoms with E-state index in [1.54, 1.807) is 6.92 Å². The monoisotopic (exact) mass is 253 g/mol. The highest BCUT2D eigenvalue weighted by Crippen LogP contribution is 2.18. The molecule has 0 bridgehead atoms. The van der Waals surface area contributed by atoms with Crippen LogP contribution in [0.4, 0.5) is 14.5 Å². The number of halogens is 2. The Labute approximate surface area is 102 Å². The summed E-state index contributed by atoms with van der Waals surface area (Å²) in [5.41, 5.74) is -0.577. The fraction of sp³-hybridized carbons (Fsp3) is 0.182. The van der Waals surface area contributed by atoms with Gasteiger partial charge in [0.15, 0.2) is 11.6 Å². The van der Waals surface area contributed by atoms with Gasteiger partial charge in [0, 0.05) is 12.6 Å². The summed E-state index contributed by atoms with van der Waals surface area (Å²) < 4.78 is 25.8. The summed E-state index contributed by atoms with van der Waals surface area (Å²) in [5, 5.41) is 21.9. The minimum absolute atomic E-state index is 0.158. The van der Waals surface area contributed by atoms with Crippen LogP contribution in [0.1, 0.15) is 6.92 Å². The average molecular weight is 253 g/mol. The first-order valence-corrected chi connectivity index (χ1v) is 4.94. The third-order valence-corrected chi connectivity index (χ3v) is 2.03. The molecular weight excluding hydrogens is 244 g/mol. The van der Waals surface area contributed by atoms with E-state index >= 15 is 0 Å². The molecule has 0 aliphatic heterocycles. The van der Waals surface area contributed by atoms with Crippen LogP contribution in [-0.4, -0.2) is 23.3 Å². The maximum absolute atomic E-state index is 13.0. The van der Waals surface area contributed by atoms with Crippen LogP contribution >= 0.6 is 0 Å². The standard InChI is InChI=1S/C11H9F2N3O2/c1-2-16(15-10(6-14)11(17)18)7-3-4-8(12)9(13)5-7/h3-5H,2H2,1H3,(H,17,18)/b15-10-. The number of nitrogens with zero attached hydrogens (tertiary/aromatic N) is 3. The van der Waals surface area contributed by atoms with Crippen LogP contribution in [-0.2, 0) is 4.79 Å². The molecule has 0 unspecified atom stereocenters. The van der Waals surface area contributed by atoms with Gasteiger partial charge in [-0.15, -0.1) is 0 Å². The van der Waals surface area contributed by atoms with E-state index in [2.05, 4.69) is 5.10 Å². The van der Waals surface area contributed by atoms with Gasteiger partial charge < -0.3 is 5.11 Å². The molecule has 0 heterocycles. The van der Waals surface area contributed by atoms with Crippen LogP contribution in [0.25, 0.3) is 0 Å². The minimum atomic E-state index is -1.49. The van der Waals surface area contributed by atoms with E-state index in [1.807, 2.05) is 0 Å². The van der Waals surface area contributed by atoms with Gasteiger partial charge in [0.05, 0.1) is 5.69 Å². The maximum atomic E-state index is 13.0. The summed E-state index contributed by atoms with van der Waals surface area (Å²) in [6.07, 6.45) is 0. The van der Waals surface area contributed by atoms with Gasteiger partial charge in [-0.25, -0.2) is 13.6 Å².